The normalized spacial score (nSPS) is 16.0. The van der Waals surface area contributed by atoms with Crippen LogP contribution in [0, 0.1) is 0 Å². The Balaban J connectivity index is 1.36. The lowest BCUT2D eigenvalue weighted by molar-refractivity contribution is -0.143. The summed E-state index contributed by atoms with van der Waals surface area (Å²) in [6, 6.07) is 13.2. The molecule has 0 spiro atoms. The molecule has 1 N–H and O–H groups in total. The van der Waals surface area contributed by atoms with Crippen LogP contribution in [-0.2, 0) is 17.6 Å². The maximum Gasteiger partial charge on any atom is 0.434 e. The van der Waals surface area contributed by atoms with Gasteiger partial charge in [0, 0.05) is 18.7 Å². The zero-order valence-electron chi connectivity index (χ0n) is 21.3. The average Bonchev–Trinajstić information content (AvgIpc) is 3.44. The second-order valence-corrected chi connectivity index (χ2v) is 12.1. The van der Waals surface area contributed by atoms with Gasteiger partial charge in [-0.25, -0.2) is 14.5 Å². The molecule has 0 unspecified atom stereocenters. The number of carbonyl (C=O) groups is 2. The summed E-state index contributed by atoms with van der Waals surface area (Å²) in [5, 5.41) is 13.2. The summed E-state index contributed by atoms with van der Waals surface area (Å²) in [6.45, 7) is 1.69. The summed E-state index contributed by atoms with van der Waals surface area (Å²) in [5.41, 5.74) is 0.291. The Bertz CT molecular complexity index is 1560. The van der Waals surface area contributed by atoms with Crippen molar-refractivity contribution in [2.45, 2.75) is 31.5 Å². The Morgan fingerprint density at radius 1 is 1.17 bits per heavy atom. The number of alkyl halides is 3. The highest BCUT2D eigenvalue weighted by Crippen LogP contribution is 2.37. The van der Waals surface area contributed by atoms with Crippen LogP contribution in [0.2, 0.25) is 5.02 Å². The van der Waals surface area contributed by atoms with Crippen molar-refractivity contribution >= 4 is 58.3 Å². The molecule has 3 aromatic rings. The lowest BCUT2D eigenvalue weighted by Gasteiger charge is -2.29. The molecule has 0 aliphatic carbocycles. The van der Waals surface area contributed by atoms with E-state index in [1.165, 1.54) is 11.6 Å². The molecule has 2 aliphatic rings. The third-order valence-electron chi connectivity index (χ3n) is 6.78. The van der Waals surface area contributed by atoms with Gasteiger partial charge in [-0.2, -0.15) is 18.3 Å². The Hall–Kier alpha value is -3.52. The summed E-state index contributed by atoms with van der Waals surface area (Å²) < 4.78 is 50.1. The van der Waals surface area contributed by atoms with Gasteiger partial charge in [-0.1, -0.05) is 62.7 Å². The highest BCUT2D eigenvalue weighted by molar-refractivity contribution is 14.2. The van der Waals surface area contributed by atoms with Crippen LogP contribution in [0.4, 0.5) is 13.2 Å². The minimum Gasteiger partial charge on any atom is -0.487 e. The highest BCUT2D eigenvalue weighted by Gasteiger charge is 2.41. The van der Waals surface area contributed by atoms with E-state index in [1.54, 1.807) is 27.1 Å². The quantitative estimate of drug-likeness (QED) is 0.223. The first kappa shape index (κ1) is 29.0. The third kappa shape index (κ3) is 6.38. The van der Waals surface area contributed by atoms with Gasteiger partial charge in [-0.15, -0.1) is 0 Å². The molecule has 5 rings (SSSR count). The van der Waals surface area contributed by atoms with Crippen molar-refractivity contribution < 1.29 is 32.6 Å². The number of amides is 1. The fourth-order valence-electron chi connectivity index (χ4n) is 4.70. The molecular formula is C28H23ClF3IN4O4. The number of aromatic nitrogens is 2. The average molecular weight is 699 g/mol. The number of nitrogens with zero attached hydrogens (tertiary/aromatic N) is 4. The number of para-hydroxylation sites is 1. The van der Waals surface area contributed by atoms with Crippen LogP contribution in [0.1, 0.15) is 51.5 Å². The van der Waals surface area contributed by atoms with E-state index in [-0.39, 0.29) is 12.4 Å². The van der Waals surface area contributed by atoms with Gasteiger partial charge in [0.05, 0.1) is 11.2 Å². The molecule has 1 amide bonds. The van der Waals surface area contributed by atoms with Crippen LogP contribution < -0.4 is 4.74 Å². The van der Waals surface area contributed by atoms with E-state index >= 15 is 0 Å². The molecule has 2 aliphatic heterocycles. The molecule has 3 heterocycles. The molecule has 1 saturated heterocycles. The molecule has 0 bridgehead atoms. The Morgan fingerprint density at radius 2 is 1.90 bits per heavy atom. The molecule has 2 aromatic carbocycles. The largest absolute Gasteiger partial charge is 0.487 e. The topological polar surface area (TPSA) is 97.0 Å². The molecule has 0 saturated carbocycles. The number of aromatic carboxylic acids is 1. The number of halogens is 5. The Labute approximate surface area is 247 Å². The number of carbonyl (C=O) groups excluding carboxylic acids is 1. The Kier molecular flexibility index (Phi) is 8.59. The predicted octanol–water partition coefficient (Wildman–Crippen LogP) is 6.20. The van der Waals surface area contributed by atoms with Crippen LogP contribution in [0.15, 0.2) is 59.7 Å². The SMILES string of the molecule is O=CN1CCC(c2ccc(COc3c(Cl)cccc3C3=NC(n4ncc(C(=O)O)c4C(F)(F)F)=CC=I3)cc2)CC1. The van der Waals surface area contributed by atoms with E-state index in [0.717, 1.165) is 37.9 Å². The van der Waals surface area contributed by atoms with E-state index < -0.39 is 44.1 Å². The maximum absolute atomic E-state index is 13.8. The number of carboxylic acid groups (broad SMARTS) is 1. The number of allylic oxidation sites excluding steroid dienone is 1. The van der Waals surface area contributed by atoms with Crippen LogP contribution in [0.25, 0.3) is 5.82 Å². The Morgan fingerprint density at radius 3 is 2.56 bits per heavy atom. The molecule has 41 heavy (non-hydrogen) atoms. The van der Waals surface area contributed by atoms with Gasteiger partial charge in [-0.3, -0.25) is 4.79 Å². The summed E-state index contributed by atoms with van der Waals surface area (Å²) in [4.78, 5) is 28.6. The molecule has 13 heteroatoms. The number of piperidine rings is 1. The van der Waals surface area contributed by atoms with Gasteiger partial charge in [0.1, 0.15) is 21.6 Å². The molecule has 8 nitrogen and oxygen atoms in total. The van der Waals surface area contributed by atoms with Crippen molar-refractivity contribution in [3.05, 3.63) is 87.7 Å². The summed E-state index contributed by atoms with van der Waals surface area (Å²) >= 11 is 5.63. The van der Waals surface area contributed by atoms with Crippen molar-refractivity contribution in [3.63, 3.8) is 0 Å². The number of rotatable bonds is 8. The zero-order chi connectivity index (χ0) is 29.1. The fraction of sp³-hybridized carbons (Fsp3) is 0.250. The monoisotopic (exact) mass is 698 g/mol. The fourth-order valence-corrected chi connectivity index (χ4v) is 6.91. The van der Waals surface area contributed by atoms with Gasteiger partial charge in [0.15, 0.2) is 11.5 Å². The standard InChI is InChI=1S/C28H23ClF3IN4O4/c29-22-3-1-2-20(24(22)41-15-17-4-6-18(7-5-17)19-9-12-36(16-38)13-10-19)26-33-11-8-23(35-26)37-25(28(30,31)32)21(14-34-37)27(39)40/h1-8,11,14,16,19H,9-10,12-13,15H2,(H,39,40). The van der Waals surface area contributed by atoms with Crippen molar-refractivity contribution in [3.8, 4) is 5.75 Å². The molecule has 0 atom stereocenters. The first-order valence-corrected chi connectivity index (χ1v) is 15.2. The van der Waals surface area contributed by atoms with Crippen molar-refractivity contribution in [2.75, 3.05) is 13.1 Å². The van der Waals surface area contributed by atoms with Crippen LogP contribution in [0.3, 0.4) is 0 Å². The van der Waals surface area contributed by atoms with E-state index in [1.807, 2.05) is 12.1 Å². The maximum atomic E-state index is 13.8. The van der Waals surface area contributed by atoms with Gasteiger partial charge in [0.25, 0.3) is 0 Å². The summed E-state index contributed by atoms with van der Waals surface area (Å²) in [5.74, 6) is -1.15. The number of aliphatic imine (C=N–C) groups is 1. The third-order valence-corrected chi connectivity index (χ3v) is 9.21. The molecular weight excluding hydrogens is 676 g/mol. The number of carboxylic acids is 1. The van der Waals surface area contributed by atoms with Crippen molar-refractivity contribution in [1.29, 1.82) is 0 Å². The van der Waals surface area contributed by atoms with Crippen LogP contribution >= 0.6 is 32.3 Å². The number of likely N-dealkylation sites (tertiary alicyclic amines) is 1. The van der Waals surface area contributed by atoms with Crippen LogP contribution in [-0.4, -0.2) is 53.0 Å². The van der Waals surface area contributed by atoms with E-state index in [0.29, 0.717) is 36.9 Å². The lowest BCUT2D eigenvalue weighted by Crippen LogP contribution is -2.31. The first-order chi connectivity index (χ1) is 19.7. The summed E-state index contributed by atoms with van der Waals surface area (Å²) in [7, 11) is 0. The summed E-state index contributed by atoms with van der Waals surface area (Å²) in [6.07, 6.45) is -0.173. The van der Waals surface area contributed by atoms with E-state index in [9.17, 15) is 27.9 Å². The lowest BCUT2D eigenvalue weighted by atomic mass is 9.89. The van der Waals surface area contributed by atoms with Crippen molar-refractivity contribution in [2.24, 2.45) is 4.99 Å². The zero-order valence-corrected chi connectivity index (χ0v) is 24.2. The minimum absolute atomic E-state index is 0.161. The van der Waals surface area contributed by atoms with Gasteiger partial charge < -0.3 is 14.7 Å². The number of benzene rings is 2. The van der Waals surface area contributed by atoms with Gasteiger partial charge >= 0.3 is 12.1 Å². The molecule has 1 aromatic heterocycles. The van der Waals surface area contributed by atoms with Gasteiger partial charge in [-0.05, 0) is 52.1 Å². The first-order valence-electron chi connectivity index (χ1n) is 12.5. The molecule has 1 fully saturated rings. The number of hydrogen-bond acceptors (Lipinski definition) is 5. The van der Waals surface area contributed by atoms with Crippen LogP contribution in [0.5, 0.6) is 5.75 Å². The number of hydrogen-bond donors (Lipinski definition) is 1. The van der Waals surface area contributed by atoms with Crippen molar-refractivity contribution in [1.82, 2.24) is 14.7 Å². The highest BCUT2D eigenvalue weighted by atomic mass is 127. The number of ether oxygens (including phenoxy) is 1. The van der Waals surface area contributed by atoms with E-state index in [4.69, 9.17) is 16.3 Å². The minimum atomic E-state index is -4.96. The predicted molar refractivity (Wildman–Crippen MR) is 157 cm³/mol. The second-order valence-electron chi connectivity index (χ2n) is 9.35. The van der Waals surface area contributed by atoms with E-state index in [2.05, 4.69) is 22.2 Å². The smallest absolute Gasteiger partial charge is 0.434 e. The molecule has 214 valence electrons. The second kappa shape index (κ2) is 12.1. The molecule has 0 radical (unpaired) electrons. The van der Waals surface area contributed by atoms with Gasteiger partial charge in [0.2, 0.25) is 6.41 Å².